The van der Waals surface area contributed by atoms with Crippen LogP contribution in [0.4, 0.5) is 5.88 Å². The summed E-state index contributed by atoms with van der Waals surface area (Å²) < 4.78 is 39.4. The van der Waals surface area contributed by atoms with E-state index in [1.54, 1.807) is 12.1 Å². The van der Waals surface area contributed by atoms with Crippen LogP contribution in [0.2, 0.25) is 0 Å². The smallest absolute Gasteiger partial charge is 0.246 e. The van der Waals surface area contributed by atoms with Crippen LogP contribution in [0.25, 0.3) is 11.5 Å². The van der Waals surface area contributed by atoms with E-state index < -0.39 is 10.0 Å². The first kappa shape index (κ1) is 23.1. The topological polar surface area (TPSA) is 143 Å². The lowest BCUT2D eigenvalue weighted by Crippen LogP contribution is -2.38. The number of methoxy groups -OCH3 is 1. The third-order valence-corrected chi connectivity index (χ3v) is 8.16. The first-order chi connectivity index (χ1) is 15.8. The number of benzene rings is 1. The highest BCUT2D eigenvalue weighted by Gasteiger charge is 2.31. The van der Waals surface area contributed by atoms with Gasteiger partial charge in [-0.15, -0.1) is 0 Å². The van der Waals surface area contributed by atoms with Crippen molar-refractivity contribution in [2.45, 2.75) is 37.0 Å². The van der Waals surface area contributed by atoms with Crippen molar-refractivity contribution in [3.63, 3.8) is 0 Å². The molecule has 0 unspecified atom stereocenters. The van der Waals surface area contributed by atoms with E-state index in [1.807, 2.05) is 11.0 Å². The second-order valence-corrected chi connectivity index (χ2v) is 10.2. The number of nitriles is 1. The molecule has 0 saturated carbocycles. The minimum atomic E-state index is -3.76. The van der Waals surface area contributed by atoms with Gasteiger partial charge in [-0.25, -0.2) is 8.42 Å². The van der Waals surface area contributed by atoms with Gasteiger partial charge in [0.2, 0.25) is 33.4 Å². The number of primary amides is 1. The Bertz CT molecular complexity index is 1170. The van der Waals surface area contributed by atoms with Gasteiger partial charge in [-0.2, -0.15) is 14.6 Å². The highest BCUT2D eigenvalue weighted by molar-refractivity contribution is 7.89. The molecule has 0 radical (unpaired) electrons. The third-order valence-electron chi connectivity index (χ3n) is 6.24. The van der Waals surface area contributed by atoms with Crippen molar-refractivity contribution < 1.29 is 22.4 Å². The van der Waals surface area contributed by atoms with E-state index >= 15 is 0 Å². The van der Waals surface area contributed by atoms with Gasteiger partial charge in [-0.05, 0) is 43.9 Å². The Hall–Kier alpha value is -3.10. The van der Waals surface area contributed by atoms with Gasteiger partial charge in [0.1, 0.15) is 16.7 Å². The van der Waals surface area contributed by atoms with E-state index in [2.05, 4.69) is 4.98 Å². The van der Waals surface area contributed by atoms with Crippen LogP contribution in [0.3, 0.4) is 0 Å². The van der Waals surface area contributed by atoms with Crippen molar-refractivity contribution in [2.24, 2.45) is 11.7 Å². The molecule has 2 aliphatic rings. The number of ether oxygens (including phenoxy) is 1. The molecule has 176 valence electrons. The van der Waals surface area contributed by atoms with E-state index in [9.17, 15) is 18.5 Å². The van der Waals surface area contributed by atoms with Crippen LogP contribution in [-0.2, 0) is 14.8 Å². The molecule has 2 N–H and O–H groups in total. The molecule has 10 nitrogen and oxygen atoms in total. The highest BCUT2D eigenvalue weighted by Crippen LogP contribution is 2.35. The van der Waals surface area contributed by atoms with Crippen molar-refractivity contribution in [1.29, 1.82) is 5.26 Å². The number of rotatable bonds is 6. The fourth-order valence-electron chi connectivity index (χ4n) is 4.35. The number of oxazole rings is 1. The predicted molar refractivity (Wildman–Crippen MR) is 120 cm³/mol. The molecule has 2 fully saturated rings. The molecule has 2 aromatic rings. The summed E-state index contributed by atoms with van der Waals surface area (Å²) in [5, 5.41) is 9.59. The first-order valence-electron chi connectivity index (χ1n) is 11.0. The largest absolute Gasteiger partial charge is 0.495 e. The van der Waals surface area contributed by atoms with Crippen LogP contribution in [0, 0.1) is 17.2 Å². The van der Waals surface area contributed by atoms with Gasteiger partial charge >= 0.3 is 0 Å². The number of carbonyl (C=O) groups is 1. The molecule has 2 aliphatic heterocycles. The van der Waals surface area contributed by atoms with Crippen LogP contribution >= 0.6 is 0 Å². The molecule has 11 heteroatoms. The zero-order chi connectivity index (χ0) is 23.6. The van der Waals surface area contributed by atoms with Crippen LogP contribution in [-0.4, -0.2) is 56.9 Å². The lowest BCUT2D eigenvalue weighted by molar-refractivity contribution is -0.122. The Morgan fingerprint density at radius 1 is 1.21 bits per heavy atom. The number of amides is 1. The minimum absolute atomic E-state index is 0.0462. The van der Waals surface area contributed by atoms with Crippen LogP contribution in [0.15, 0.2) is 27.5 Å². The van der Waals surface area contributed by atoms with Crippen molar-refractivity contribution in [2.75, 3.05) is 38.2 Å². The van der Waals surface area contributed by atoms with E-state index in [-0.39, 0.29) is 34.1 Å². The summed E-state index contributed by atoms with van der Waals surface area (Å²) >= 11 is 0. The zero-order valence-electron chi connectivity index (χ0n) is 18.5. The first-order valence-corrected chi connectivity index (χ1v) is 12.4. The van der Waals surface area contributed by atoms with Gasteiger partial charge in [0, 0.05) is 37.7 Å². The fraction of sp³-hybridized carbons (Fsp3) is 0.500. The quantitative estimate of drug-likeness (QED) is 0.672. The van der Waals surface area contributed by atoms with Crippen molar-refractivity contribution in [3.05, 3.63) is 23.9 Å². The summed E-state index contributed by atoms with van der Waals surface area (Å²) in [6.45, 7) is 1.96. The summed E-state index contributed by atoms with van der Waals surface area (Å²) in [5.74, 6) is 0.181. The van der Waals surface area contributed by atoms with Crippen LogP contribution < -0.4 is 15.4 Å². The zero-order valence-corrected chi connectivity index (χ0v) is 19.3. The maximum Gasteiger partial charge on any atom is 0.246 e. The van der Waals surface area contributed by atoms with Crippen molar-refractivity contribution in [1.82, 2.24) is 9.29 Å². The average Bonchev–Trinajstić information content (AvgIpc) is 3.28. The molecule has 0 spiro atoms. The SMILES string of the molecule is COc1ccc(-c2nc(C#N)c(N3CCC(C(N)=O)CC3)o2)cc1S(=O)(=O)N1CCCCC1. The Labute approximate surface area is 193 Å². The molecular formula is C22H27N5O5S. The number of sulfonamides is 1. The molecule has 1 amide bonds. The monoisotopic (exact) mass is 473 g/mol. The molecule has 0 atom stereocenters. The summed E-state index contributed by atoms with van der Waals surface area (Å²) in [4.78, 5) is 17.7. The Balaban J connectivity index is 1.67. The Morgan fingerprint density at radius 2 is 1.91 bits per heavy atom. The van der Waals surface area contributed by atoms with Crippen molar-refractivity contribution in [3.8, 4) is 23.3 Å². The van der Waals surface area contributed by atoms with Gasteiger partial charge in [-0.3, -0.25) is 4.79 Å². The highest BCUT2D eigenvalue weighted by atomic mass is 32.2. The Morgan fingerprint density at radius 3 is 2.52 bits per heavy atom. The summed E-state index contributed by atoms with van der Waals surface area (Å²) in [7, 11) is -2.33. The molecular weight excluding hydrogens is 446 g/mol. The Kier molecular flexibility index (Phi) is 6.58. The molecule has 0 bridgehead atoms. The summed E-state index contributed by atoms with van der Waals surface area (Å²) in [6.07, 6.45) is 3.79. The number of hydrogen-bond acceptors (Lipinski definition) is 8. The molecule has 3 heterocycles. The third kappa shape index (κ3) is 4.54. The van der Waals surface area contributed by atoms with Gasteiger partial charge in [0.05, 0.1) is 7.11 Å². The van der Waals surface area contributed by atoms with Gasteiger partial charge in [0.15, 0.2) is 0 Å². The molecule has 33 heavy (non-hydrogen) atoms. The summed E-state index contributed by atoms with van der Waals surface area (Å²) in [6, 6.07) is 6.76. The molecule has 1 aromatic heterocycles. The molecule has 0 aliphatic carbocycles. The number of hydrogen-bond donors (Lipinski definition) is 1. The number of aromatic nitrogens is 1. The van der Waals surface area contributed by atoms with Crippen LogP contribution in [0.1, 0.15) is 37.8 Å². The molecule has 1 aromatic carbocycles. The number of anilines is 1. The number of carbonyl (C=O) groups excluding carboxylic acids is 1. The number of nitrogens with zero attached hydrogens (tertiary/aromatic N) is 4. The standard InChI is InChI=1S/C22H27N5O5S/c1-31-18-6-5-16(13-19(18)33(29,30)27-9-3-2-4-10-27)21-25-17(14-23)22(32-21)26-11-7-15(8-12-26)20(24)28/h5-6,13,15H,2-4,7-12H2,1H3,(H2,24,28). The van der Waals surface area contributed by atoms with Crippen LogP contribution in [0.5, 0.6) is 5.75 Å². The maximum absolute atomic E-state index is 13.3. The maximum atomic E-state index is 13.3. The lowest BCUT2D eigenvalue weighted by atomic mass is 9.96. The second kappa shape index (κ2) is 9.41. The van der Waals surface area contributed by atoms with Crippen molar-refractivity contribution >= 4 is 21.8 Å². The van der Waals surface area contributed by atoms with Gasteiger partial charge < -0.3 is 19.8 Å². The lowest BCUT2D eigenvalue weighted by Gasteiger charge is -2.30. The average molecular weight is 474 g/mol. The fourth-order valence-corrected chi connectivity index (χ4v) is 6.04. The normalized spacial score (nSPS) is 18.1. The minimum Gasteiger partial charge on any atom is -0.495 e. The second-order valence-electron chi connectivity index (χ2n) is 8.28. The number of piperidine rings is 2. The predicted octanol–water partition coefficient (Wildman–Crippen LogP) is 2.10. The van der Waals surface area contributed by atoms with Gasteiger partial charge in [-0.1, -0.05) is 6.42 Å². The molecule has 2 saturated heterocycles. The van der Waals surface area contributed by atoms with E-state index in [0.717, 1.165) is 19.3 Å². The number of nitrogens with two attached hydrogens (primary N) is 1. The van der Waals surface area contributed by atoms with E-state index in [0.29, 0.717) is 50.5 Å². The van der Waals surface area contributed by atoms with Gasteiger partial charge in [0.25, 0.3) is 0 Å². The van der Waals surface area contributed by atoms with E-state index in [4.69, 9.17) is 14.9 Å². The summed E-state index contributed by atoms with van der Waals surface area (Å²) in [5.41, 5.74) is 5.95. The molecule has 4 rings (SSSR count). The van der Waals surface area contributed by atoms with E-state index in [1.165, 1.54) is 17.5 Å².